The van der Waals surface area contributed by atoms with Gasteiger partial charge in [-0.15, -0.1) is 0 Å². The highest BCUT2D eigenvalue weighted by Gasteiger charge is 2.27. The highest BCUT2D eigenvalue weighted by atomic mass is 16.6. The summed E-state index contributed by atoms with van der Waals surface area (Å²) in [5, 5.41) is 19.8. The summed E-state index contributed by atoms with van der Waals surface area (Å²) in [4.78, 5) is 26.9. The molecular formula is C14H15N5O3. The second kappa shape index (κ2) is 5.55. The van der Waals surface area contributed by atoms with E-state index < -0.39 is 10.8 Å². The maximum Gasteiger partial charge on any atom is 0.322 e. The first-order valence-corrected chi connectivity index (χ1v) is 7.05. The summed E-state index contributed by atoms with van der Waals surface area (Å²) in [7, 11) is 0. The summed E-state index contributed by atoms with van der Waals surface area (Å²) < 4.78 is 0. The number of nitrogens with one attached hydrogen (secondary N) is 2. The lowest BCUT2D eigenvalue weighted by molar-refractivity contribution is -0.385. The Kier molecular flexibility index (Phi) is 3.58. The van der Waals surface area contributed by atoms with Gasteiger partial charge in [0, 0.05) is 5.69 Å². The second-order valence-electron chi connectivity index (χ2n) is 5.29. The molecule has 22 heavy (non-hydrogen) atoms. The van der Waals surface area contributed by atoms with Crippen molar-refractivity contribution in [1.29, 1.82) is 0 Å². The Hall–Kier alpha value is -2.77. The van der Waals surface area contributed by atoms with Gasteiger partial charge >= 0.3 is 5.69 Å². The van der Waals surface area contributed by atoms with Crippen molar-refractivity contribution < 1.29 is 9.72 Å². The number of amides is 1. The minimum atomic E-state index is -0.617. The molecule has 0 fully saturated rings. The van der Waals surface area contributed by atoms with Gasteiger partial charge in [-0.05, 0) is 44.2 Å². The van der Waals surface area contributed by atoms with E-state index in [0.717, 1.165) is 36.9 Å². The molecule has 0 bridgehead atoms. The zero-order valence-electron chi connectivity index (χ0n) is 12.0. The van der Waals surface area contributed by atoms with Gasteiger partial charge < -0.3 is 5.32 Å². The minimum absolute atomic E-state index is 0.222. The molecule has 0 radical (unpaired) electrons. The SMILES string of the molecule is Cc1[nH]nc(C(=O)Nc2cnc3c(c2)CCCC3)c1[N+](=O)[O-]. The number of hydrogen-bond donors (Lipinski definition) is 2. The van der Waals surface area contributed by atoms with Gasteiger partial charge in [-0.3, -0.25) is 25.0 Å². The Labute approximate surface area is 126 Å². The van der Waals surface area contributed by atoms with Gasteiger partial charge in [-0.2, -0.15) is 5.10 Å². The molecule has 0 spiro atoms. The average molecular weight is 301 g/mol. The summed E-state index contributed by atoms with van der Waals surface area (Å²) in [5.74, 6) is -0.617. The molecule has 0 aliphatic heterocycles. The Balaban J connectivity index is 1.84. The highest BCUT2D eigenvalue weighted by molar-refractivity contribution is 6.05. The van der Waals surface area contributed by atoms with Gasteiger partial charge in [0.2, 0.25) is 5.69 Å². The van der Waals surface area contributed by atoms with E-state index in [1.807, 2.05) is 6.07 Å². The van der Waals surface area contributed by atoms with Crippen molar-refractivity contribution in [2.75, 3.05) is 5.32 Å². The lowest BCUT2D eigenvalue weighted by Crippen LogP contribution is -2.15. The summed E-state index contributed by atoms with van der Waals surface area (Å²) in [6, 6.07) is 1.88. The van der Waals surface area contributed by atoms with Crippen molar-refractivity contribution in [2.45, 2.75) is 32.6 Å². The molecule has 0 saturated carbocycles. The molecular weight excluding hydrogens is 286 g/mol. The molecule has 1 amide bonds. The number of H-pyrrole nitrogens is 1. The summed E-state index contributed by atoms with van der Waals surface area (Å²) in [5.41, 5.74) is 2.44. The number of nitro groups is 1. The van der Waals surface area contributed by atoms with Crippen LogP contribution in [0.5, 0.6) is 0 Å². The molecule has 0 aromatic carbocycles. The third kappa shape index (κ3) is 2.54. The van der Waals surface area contributed by atoms with Gasteiger partial charge in [0.15, 0.2) is 0 Å². The van der Waals surface area contributed by atoms with Gasteiger partial charge in [-0.25, -0.2) is 0 Å². The number of nitrogens with zero attached hydrogens (tertiary/aromatic N) is 3. The molecule has 0 atom stereocenters. The molecule has 1 aliphatic carbocycles. The van der Waals surface area contributed by atoms with Crippen molar-refractivity contribution >= 4 is 17.3 Å². The molecule has 2 heterocycles. The summed E-state index contributed by atoms with van der Waals surface area (Å²) in [6.45, 7) is 1.50. The fourth-order valence-electron chi connectivity index (χ4n) is 2.65. The number of aromatic nitrogens is 3. The third-order valence-corrected chi connectivity index (χ3v) is 3.74. The van der Waals surface area contributed by atoms with Crippen LogP contribution in [0.2, 0.25) is 0 Å². The van der Waals surface area contributed by atoms with Crippen molar-refractivity contribution in [3.05, 3.63) is 45.0 Å². The number of aromatic amines is 1. The van der Waals surface area contributed by atoms with Crippen LogP contribution in [0.4, 0.5) is 11.4 Å². The molecule has 0 saturated heterocycles. The maximum atomic E-state index is 12.2. The van der Waals surface area contributed by atoms with Crippen LogP contribution in [-0.4, -0.2) is 26.0 Å². The van der Waals surface area contributed by atoms with Crippen LogP contribution >= 0.6 is 0 Å². The number of anilines is 1. The van der Waals surface area contributed by atoms with Crippen molar-refractivity contribution in [3.8, 4) is 0 Å². The van der Waals surface area contributed by atoms with E-state index in [1.54, 1.807) is 6.20 Å². The zero-order valence-corrected chi connectivity index (χ0v) is 12.0. The van der Waals surface area contributed by atoms with Crippen molar-refractivity contribution in [1.82, 2.24) is 15.2 Å². The minimum Gasteiger partial charge on any atom is -0.319 e. The molecule has 8 heteroatoms. The first-order valence-electron chi connectivity index (χ1n) is 7.05. The van der Waals surface area contributed by atoms with Crippen LogP contribution in [0.15, 0.2) is 12.3 Å². The summed E-state index contributed by atoms with van der Waals surface area (Å²) in [6.07, 6.45) is 5.70. The summed E-state index contributed by atoms with van der Waals surface area (Å²) >= 11 is 0. The van der Waals surface area contributed by atoms with Crippen LogP contribution in [0.25, 0.3) is 0 Å². The van der Waals surface area contributed by atoms with E-state index >= 15 is 0 Å². The van der Waals surface area contributed by atoms with Crippen LogP contribution < -0.4 is 5.32 Å². The van der Waals surface area contributed by atoms with Crippen LogP contribution in [0.3, 0.4) is 0 Å². The van der Waals surface area contributed by atoms with Crippen LogP contribution in [-0.2, 0) is 12.8 Å². The fraction of sp³-hybridized carbons (Fsp3) is 0.357. The Morgan fingerprint density at radius 3 is 2.95 bits per heavy atom. The van der Waals surface area contributed by atoms with Crippen LogP contribution in [0.1, 0.15) is 40.3 Å². The number of fused-ring (bicyclic) bond motifs is 1. The van der Waals surface area contributed by atoms with E-state index in [9.17, 15) is 14.9 Å². The first kappa shape index (κ1) is 14.2. The molecule has 0 unspecified atom stereocenters. The Morgan fingerprint density at radius 2 is 2.18 bits per heavy atom. The number of hydrogen-bond acceptors (Lipinski definition) is 5. The zero-order chi connectivity index (χ0) is 15.7. The molecule has 3 rings (SSSR count). The van der Waals surface area contributed by atoms with Gasteiger partial charge in [0.05, 0.1) is 16.8 Å². The topological polar surface area (TPSA) is 114 Å². The Bertz CT molecular complexity index is 753. The predicted molar refractivity (Wildman–Crippen MR) is 78.8 cm³/mol. The monoisotopic (exact) mass is 301 g/mol. The molecule has 8 nitrogen and oxygen atoms in total. The quantitative estimate of drug-likeness (QED) is 0.666. The molecule has 114 valence electrons. The van der Waals surface area contributed by atoms with E-state index in [2.05, 4.69) is 20.5 Å². The predicted octanol–water partition coefficient (Wildman–Crippen LogP) is 2.15. The van der Waals surface area contributed by atoms with Gasteiger partial charge in [0.25, 0.3) is 5.91 Å². The second-order valence-corrected chi connectivity index (χ2v) is 5.29. The smallest absolute Gasteiger partial charge is 0.319 e. The standard InChI is InChI=1S/C14H15N5O3/c1-8-13(19(21)22)12(18-17-8)14(20)16-10-6-9-4-2-3-5-11(9)15-7-10/h6-7H,2-5H2,1H3,(H,16,20)(H,17,18). The van der Waals surface area contributed by atoms with Crippen LogP contribution in [0, 0.1) is 17.0 Å². The largest absolute Gasteiger partial charge is 0.322 e. The lowest BCUT2D eigenvalue weighted by atomic mass is 9.96. The molecule has 1 aliphatic rings. The Morgan fingerprint density at radius 1 is 1.41 bits per heavy atom. The van der Waals surface area contributed by atoms with E-state index in [1.165, 1.54) is 6.92 Å². The van der Waals surface area contributed by atoms with E-state index in [4.69, 9.17) is 0 Å². The number of aryl methyl sites for hydroxylation is 3. The lowest BCUT2D eigenvalue weighted by Gasteiger charge is -2.15. The number of pyridine rings is 1. The van der Waals surface area contributed by atoms with Crippen molar-refractivity contribution in [3.63, 3.8) is 0 Å². The number of carbonyl (C=O) groups excluding carboxylic acids is 1. The molecule has 2 N–H and O–H groups in total. The third-order valence-electron chi connectivity index (χ3n) is 3.74. The number of carbonyl (C=O) groups is 1. The molecule has 2 aromatic rings. The van der Waals surface area contributed by atoms with Crippen molar-refractivity contribution in [2.24, 2.45) is 0 Å². The van der Waals surface area contributed by atoms with E-state index in [0.29, 0.717) is 5.69 Å². The van der Waals surface area contributed by atoms with Gasteiger partial charge in [0.1, 0.15) is 5.69 Å². The molecule has 2 aromatic heterocycles. The first-order chi connectivity index (χ1) is 10.6. The van der Waals surface area contributed by atoms with Gasteiger partial charge in [-0.1, -0.05) is 0 Å². The van der Waals surface area contributed by atoms with E-state index in [-0.39, 0.29) is 17.1 Å². The fourth-order valence-corrected chi connectivity index (χ4v) is 2.65. The normalized spacial score (nSPS) is 13.5. The maximum absolute atomic E-state index is 12.2. The highest BCUT2D eigenvalue weighted by Crippen LogP contribution is 2.24. The average Bonchev–Trinajstić information content (AvgIpc) is 2.89. The number of rotatable bonds is 3.